The van der Waals surface area contributed by atoms with E-state index < -0.39 is 0 Å². The lowest BCUT2D eigenvalue weighted by molar-refractivity contribution is 0.673. The maximum Gasteiger partial charge on any atom is 0.0516 e. The highest BCUT2D eigenvalue weighted by molar-refractivity contribution is 5.43. The monoisotopic (exact) mass is 240 g/mol. The molecule has 2 heteroatoms. The Kier molecular flexibility index (Phi) is 4.37. The number of rotatable bonds is 5. The second-order valence-corrected chi connectivity index (χ2v) is 4.54. The number of benzene rings is 2. The number of anilines is 1. The molecule has 2 aromatic rings. The van der Waals surface area contributed by atoms with Crippen LogP contribution in [0.1, 0.15) is 11.1 Å². The molecule has 0 unspecified atom stereocenters. The lowest BCUT2D eigenvalue weighted by atomic mass is 10.1. The zero-order valence-corrected chi connectivity index (χ0v) is 11.1. The van der Waals surface area contributed by atoms with Gasteiger partial charge < -0.3 is 5.01 Å². The Morgan fingerprint density at radius 2 is 1.61 bits per heavy atom. The van der Waals surface area contributed by atoms with Crippen molar-refractivity contribution in [2.75, 3.05) is 18.6 Å². The molecule has 0 aliphatic heterocycles. The molecule has 0 aliphatic carbocycles. The van der Waals surface area contributed by atoms with Gasteiger partial charge in [-0.05, 0) is 31.0 Å². The van der Waals surface area contributed by atoms with Crippen molar-refractivity contribution in [2.24, 2.45) is 0 Å². The highest BCUT2D eigenvalue weighted by Gasteiger charge is 1.98. The molecular weight excluding hydrogens is 220 g/mol. The molecule has 0 aliphatic rings. The second-order valence-electron chi connectivity index (χ2n) is 4.54. The summed E-state index contributed by atoms with van der Waals surface area (Å²) < 4.78 is 0. The van der Waals surface area contributed by atoms with Gasteiger partial charge in [0.05, 0.1) is 5.69 Å². The highest BCUT2D eigenvalue weighted by atomic mass is 15.5. The summed E-state index contributed by atoms with van der Waals surface area (Å²) in [5.41, 5.74) is 7.26. The largest absolute Gasteiger partial charge is 0.311 e. The molecule has 0 heterocycles. The lowest BCUT2D eigenvalue weighted by Crippen LogP contribution is -2.35. The maximum absolute atomic E-state index is 3.40. The van der Waals surface area contributed by atoms with Crippen LogP contribution in [0.15, 0.2) is 54.6 Å². The summed E-state index contributed by atoms with van der Waals surface area (Å²) in [7, 11) is 2.05. The van der Waals surface area contributed by atoms with Crippen molar-refractivity contribution in [1.29, 1.82) is 0 Å². The molecule has 0 atom stereocenters. The van der Waals surface area contributed by atoms with E-state index in [2.05, 4.69) is 53.8 Å². The first-order valence-corrected chi connectivity index (χ1v) is 6.33. The van der Waals surface area contributed by atoms with E-state index >= 15 is 0 Å². The minimum absolute atomic E-state index is 0.939. The third kappa shape index (κ3) is 3.60. The van der Waals surface area contributed by atoms with Crippen LogP contribution in [0.5, 0.6) is 0 Å². The van der Waals surface area contributed by atoms with Crippen molar-refractivity contribution in [2.45, 2.75) is 13.3 Å². The summed E-state index contributed by atoms with van der Waals surface area (Å²) in [5.74, 6) is 0. The number of nitrogens with one attached hydrogen (secondary N) is 1. The van der Waals surface area contributed by atoms with Crippen LogP contribution >= 0.6 is 0 Å². The Bertz CT molecular complexity index is 462. The quantitative estimate of drug-likeness (QED) is 0.807. The molecule has 0 spiro atoms. The molecule has 2 rings (SSSR count). The van der Waals surface area contributed by atoms with E-state index in [0.717, 1.165) is 13.0 Å². The number of aryl methyl sites for hydroxylation is 1. The van der Waals surface area contributed by atoms with Gasteiger partial charge in [-0.2, -0.15) is 0 Å². The number of nitrogens with zero attached hydrogens (tertiary/aromatic N) is 1. The van der Waals surface area contributed by atoms with Crippen LogP contribution in [0.4, 0.5) is 5.69 Å². The first-order chi connectivity index (χ1) is 8.75. The number of hydrazine groups is 1. The van der Waals surface area contributed by atoms with Gasteiger partial charge in [-0.15, -0.1) is 0 Å². The van der Waals surface area contributed by atoms with E-state index in [0.29, 0.717) is 0 Å². The summed E-state index contributed by atoms with van der Waals surface area (Å²) in [4.78, 5) is 0. The van der Waals surface area contributed by atoms with E-state index in [1.807, 2.05) is 25.2 Å². The summed E-state index contributed by atoms with van der Waals surface area (Å²) in [6.07, 6.45) is 1.04. The fourth-order valence-corrected chi connectivity index (χ4v) is 1.87. The van der Waals surface area contributed by atoms with Crippen molar-refractivity contribution in [3.05, 3.63) is 65.7 Å². The smallest absolute Gasteiger partial charge is 0.0516 e. The average molecular weight is 240 g/mol. The first kappa shape index (κ1) is 12.7. The van der Waals surface area contributed by atoms with Gasteiger partial charge in [0.1, 0.15) is 0 Å². The van der Waals surface area contributed by atoms with Gasteiger partial charge in [-0.1, -0.05) is 48.0 Å². The number of para-hydroxylation sites is 1. The lowest BCUT2D eigenvalue weighted by Gasteiger charge is -2.20. The normalized spacial score (nSPS) is 10.3. The second kappa shape index (κ2) is 6.22. The Hall–Kier alpha value is -1.80. The Morgan fingerprint density at radius 1 is 0.944 bits per heavy atom. The first-order valence-electron chi connectivity index (χ1n) is 6.33. The van der Waals surface area contributed by atoms with Crippen molar-refractivity contribution in [1.82, 2.24) is 5.43 Å². The molecule has 0 saturated heterocycles. The maximum atomic E-state index is 3.40. The van der Waals surface area contributed by atoms with Crippen molar-refractivity contribution >= 4 is 5.69 Å². The van der Waals surface area contributed by atoms with Crippen LogP contribution in [0.25, 0.3) is 0 Å². The van der Waals surface area contributed by atoms with Crippen molar-refractivity contribution in [3.63, 3.8) is 0 Å². The summed E-state index contributed by atoms with van der Waals surface area (Å²) >= 11 is 0. The molecule has 0 aromatic heterocycles. The third-order valence-corrected chi connectivity index (χ3v) is 3.03. The Balaban J connectivity index is 1.80. The van der Waals surface area contributed by atoms with E-state index in [1.54, 1.807) is 0 Å². The molecule has 2 nitrogen and oxygen atoms in total. The van der Waals surface area contributed by atoms with Gasteiger partial charge in [0.2, 0.25) is 0 Å². The predicted molar refractivity (Wildman–Crippen MR) is 77.7 cm³/mol. The van der Waals surface area contributed by atoms with E-state index in [9.17, 15) is 0 Å². The van der Waals surface area contributed by atoms with Crippen molar-refractivity contribution < 1.29 is 0 Å². The third-order valence-electron chi connectivity index (χ3n) is 3.03. The van der Waals surface area contributed by atoms with Gasteiger partial charge in [0, 0.05) is 13.6 Å². The topological polar surface area (TPSA) is 15.3 Å². The van der Waals surface area contributed by atoms with Gasteiger partial charge in [-0.25, -0.2) is 5.43 Å². The van der Waals surface area contributed by atoms with Crippen LogP contribution in [0, 0.1) is 6.92 Å². The minimum Gasteiger partial charge on any atom is -0.311 e. The van der Waals surface area contributed by atoms with Crippen LogP contribution in [-0.2, 0) is 6.42 Å². The van der Waals surface area contributed by atoms with E-state index in [1.165, 1.54) is 16.8 Å². The minimum atomic E-state index is 0.939. The molecule has 0 amide bonds. The fourth-order valence-electron chi connectivity index (χ4n) is 1.87. The average Bonchev–Trinajstić information content (AvgIpc) is 2.42. The molecule has 0 saturated carbocycles. The van der Waals surface area contributed by atoms with Gasteiger partial charge >= 0.3 is 0 Å². The van der Waals surface area contributed by atoms with E-state index in [-0.39, 0.29) is 0 Å². The Morgan fingerprint density at radius 3 is 2.28 bits per heavy atom. The molecule has 18 heavy (non-hydrogen) atoms. The molecule has 0 fully saturated rings. The molecule has 2 aromatic carbocycles. The number of hydrogen-bond donors (Lipinski definition) is 1. The SMILES string of the molecule is Cc1ccc(CCNN(C)c2ccccc2)cc1. The van der Waals surface area contributed by atoms with Gasteiger partial charge in [0.15, 0.2) is 0 Å². The summed E-state index contributed by atoms with van der Waals surface area (Å²) in [6, 6.07) is 19.0. The zero-order valence-electron chi connectivity index (χ0n) is 11.1. The van der Waals surface area contributed by atoms with Crippen LogP contribution < -0.4 is 10.4 Å². The van der Waals surface area contributed by atoms with Crippen LogP contribution in [0.3, 0.4) is 0 Å². The molecule has 0 radical (unpaired) electrons. The molecule has 94 valence electrons. The highest BCUT2D eigenvalue weighted by Crippen LogP contribution is 2.08. The fraction of sp³-hybridized carbons (Fsp3) is 0.250. The molecule has 0 bridgehead atoms. The predicted octanol–water partition coefficient (Wildman–Crippen LogP) is 3.18. The molecule has 1 N–H and O–H groups in total. The summed E-state index contributed by atoms with van der Waals surface area (Å²) in [6.45, 7) is 3.06. The zero-order chi connectivity index (χ0) is 12.8. The summed E-state index contributed by atoms with van der Waals surface area (Å²) in [5, 5.41) is 2.06. The standard InChI is InChI=1S/C16H20N2/c1-14-8-10-15(11-9-14)12-13-17-18(2)16-6-4-3-5-7-16/h3-11,17H,12-13H2,1-2H3. The van der Waals surface area contributed by atoms with Crippen molar-refractivity contribution in [3.8, 4) is 0 Å². The van der Waals surface area contributed by atoms with Crippen LogP contribution in [0.2, 0.25) is 0 Å². The Labute approximate surface area is 109 Å². The van der Waals surface area contributed by atoms with Gasteiger partial charge in [-0.3, -0.25) is 0 Å². The van der Waals surface area contributed by atoms with Crippen LogP contribution in [-0.4, -0.2) is 13.6 Å². The van der Waals surface area contributed by atoms with E-state index in [4.69, 9.17) is 0 Å². The van der Waals surface area contributed by atoms with Gasteiger partial charge in [0.25, 0.3) is 0 Å². The number of hydrogen-bond acceptors (Lipinski definition) is 2. The molecular formula is C16H20N2.